The predicted octanol–water partition coefficient (Wildman–Crippen LogP) is 3.52. The van der Waals surface area contributed by atoms with Gasteiger partial charge in [-0.2, -0.15) is 0 Å². The third kappa shape index (κ3) is 5.29. The summed E-state index contributed by atoms with van der Waals surface area (Å²) in [5.74, 6) is 0. The van der Waals surface area contributed by atoms with E-state index in [-0.39, 0.29) is 5.22 Å². The van der Waals surface area contributed by atoms with Crippen LogP contribution in [0.4, 0.5) is 0 Å². The van der Waals surface area contributed by atoms with E-state index in [1.54, 1.807) is 0 Å². The fourth-order valence-electron chi connectivity index (χ4n) is 1.47. The summed E-state index contributed by atoms with van der Waals surface area (Å²) in [7, 11) is -3.82. The second-order valence-electron chi connectivity index (χ2n) is 6.03. The van der Waals surface area contributed by atoms with Gasteiger partial charge in [0.1, 0.15) is 0 Å². The fraction of sp³-hybridized carbons (Fsp3) is 1.00. The molecule has 0 aliphatic rings. The molecule has 0 fully saturated rings. The lowest BCUT2D eigenvalue weighted by Crippen LogP contribution is -2.57. The zero-order chi connectivity index (χ0) is 12.3. The van der Waals surface area contributed by atoms with Crippen molar-refractivity contribution >= 4 is 16.6 Å². The molecule has 0 aromatic heterocycles. The number of hydrogen-bond acceptors (Lipinski definition) is 2. The van der Waals surface area contributed by atoms with Crippen molar-refractivity contribution in [2.24, 2.45) is 0 Å². The Balaban J connectivity index is 4.43. The Morgan fingerprint density at radius 3 is 1.93 bits per heavy atom. The number of hydrogen-bond donors (Lipinski definition) is 1. The first-order chi connectivity index (χ1) is 6.52. The van der Waals surface area contributed by atoms with Gasteiger partial charge < -0.3 is 9.22 Å². The molecule has 2 nitrogen and oxygen atoms in total. The molecule has 0 amide bonds. The minimum absolute atomic E-state index is 0.323. The topological polar surface area (TPSA) is 29.5 Å². The molecule has 0 aliphatic heterocycles. The van der Waals surface area contributed by atoms with E-state index in [9.17, 15) is 4.80 Å². The Morgan fingerprint density at radius 1 is 1.13 bits per heavy atom. The van der Waals surface area contributed by atoms with Crippen LogP contribution in [0.2, 0.25) is 32.2 Å². The van der Waals surface area contributed by atoms with Crippen molar-refractivity contribution in [3.63, 3.8) is 0 Å². The van der Waals surface area contributed by atoms with Gasteiger partial charge in [0.2, 0.25) is 8.32 Å². The second-order valence-corrected chi connectivity index (χ2v) is 14.6. The van der Waals surface area contributed by atoms with Crippen LogP contribution in [0.15, 0.2) is 0 Å². The van der Waals surface area contributed by atoms with Gasteiger partial charge in [0.15, 0.2) is 8.32 Å². The molecule has 0 aromatic rings. The summed E-state index contributed by atoms with van der Waals surface area (Å²) in [5, 5.41) is -0.323. The van der Waals surface area contributed by atoms with Crippen LogP contribution in [-0.2, 0) is 4.43 Å². The summed E-state index contributed by atoms with van der Waals surface area (Å²) in [6, 6.07) is 1.19. The molecule has 0 unspecified atom stereocenters. The Morgan fingerprint density at radius 2 is 1.60 bits per heavy atom. The first kappa shape index (κ1) is 15.4. The van der Waals surface area contributed by atoms with Gasteiger partial charge in [-0.3, -0.25) is 0 Å². The highest BCUT2D eigenvalue weighted by molar-refractivity contribution is 6.76. The van der Waals surface area contributed by atoms with Crippen molar-refractivity contribution in [1.82, 2.24) is 0 Å². The van der Waals surface area contributed by atoms with Crippen molar-refractivity contribution in [3.05, 3.63) is 0 Å². The van der Waals surface area contributed by atoms with Crippen LogP contribution in [0, 0.1) is 0 Å². The van der Waals surface area contributed by atoms with Gasteiger partial charge in [0, 0.05) is 0 Å². The SMILES string of the molecule is CCCC[Si](C)(C)OC(C)(C)[Si](C)(C)O. The summed E-state index contributed by atoms with van der Waals surface area (Å²) in [6.45, 7) is 14.7. The molecule has 0 bridgehead atoms. The highest BCUT2D eigenvalue weighted by Gasteiger charge is 2.43. The van der Waals surface area contributed by atoms with Crippen molar-refractivity contribution in [2.45, 2.75) is 71.1 Å². The highest BCUT2D eigenvalue weighted by Crippen LogP contribution is 2.28. The molecule has 4 heteroatoms. The molecule has 0 heterocycles. The summed E-state index contributed by atoms with van der Waals surface area (Å²) in [4.78, 5) is 10.2. The Kier molecular flexibility index (Phi) is 5.24. The van der Waals surface area contributed by atoms with Gasteiger partial charge >= 0.3 is 0 Å². The third-order valence-corrected chi connectivity index (χ3v) is 9.01. The van der Waals surface area contributed by atoms with Crippen LogP contribution < -0.4 is 0 Å². The summed E-state index contributed by atoms with van der Waals surface area (Å²) < 4.78 is 6.24. The molecule has 0 saturated heterocycles. The maximum absolute atomic E-state index is 10.2. The molecule has 0 rings (SSSR count). The predicted molar refractivity (Wildman–Crippen MR) is 72.1 cm³/mol. The van der Waals surface area contributed by atoms with E-state index in [1.807, 2.05) is 26.9 Å². The zero-order valence-corrected chi connectivity index (χ0v) is 13.5. The maximum Gasteiger partial charge on any atom is 0.212 e. The van der Waals surface area contributed by atoms with E-state index in [0.717, 1.165) is 0 Å². The van der Waals surface area contributed by atoms with Crippen LogP contribution >= 0.6 is 0 Å². The number of rotatable bonds is 6. The normalized spacial score (nSPS) is 14.4. The van der Waals surface area contributed by atoms with Crippen LogP contribution in [0.25, 0.3) is 0 Å². The molecule has 0 spiro atoms. The van der Waals surface area contributed by atoms with Gasteiger partial charge in [-0.15, -0.1) is 0 Å². The highest BCUT2D eigenvalue weighted by atomic mass is 28.4. The van der Waals surface area contributed by atoms with E-state index in [2.05, 4.69) is 20.0 Å². The van der Waals surface area contributed by atoms with Crippen molar-refractivity contribution in [2.75, 3.05) is 0 Å². The second kappa shape index (κ2) is 5.12. The molecular formula is C11H28O2Si2. The third-order valence-electron chi connectivity index (χ3n) is 3.14. The van der Waals surface area contributed by atoms with E-state index in [0.29, 0.717) is 0 Å². The number of unbranched alkanes of at least 4 members (excludes halogenated alkanes) is 1. The zero-order valence-electron chi connectivity index (χ0n) is 11.5. The van der Waals surface area contributed by atoms with E-state index < -0.39 is 16.6 Å². The summed E-state index contributed by atoms with van der Waals surface area (Å²) in [6.07, 6.45) is 2.46. The van der Waals surface area contributed by atoms with Gasteiger partial charge in [-0.25, -0.2) is 0 Å². The molecule has 0 atom stereocenters. The van der Waals surface area contributed by atoms with Crippen molar-refractivity contribution in [1.29, 1.82) is 0 Å². The van der Waals surface area contributed by atoms with Crippen LogP contribution in [0.3, 0.4) is 0 Å². The lowest BCUT2D eigenvalue weighted by molar-refractivity contribution is 0.153. The average molecular weight is 249 g/mol. The molecule has 0 radical (unpaired) electrons. The minimum Gasteiger partial charge on any atom is -0.429 e. The lowest BCUT2D eigenvalue weighted by Gasteiger charge is -2.41. The molecule has 0 aromatic carbocycles. The van der Waals surface area contributed by atoms with E-state index in [4.69, 9.17) is 4.43 Å². The molecular weight excluding hydrogens is 220 g/mol. The quantitative estimate of drug-likeness (QED) is 0.729. The molecule has 1 N–H and O–H groups in total. The Hall–Kier alpha value is 0.354. The average Bonchev–Trinajstić information content (AvgIpc) is 1.96. The van der Waals surface area contributed by atoms with E-state index >= 15 is 0 Å². The van der Waals surface area contributed by atoms with Crippen LogP contribution in [0.1, 0.15) is 33.6 Å². The van der Waals surface area contributed by atoms with Crippen LogP contribution in [-0.4, -0.2) is 26.7 Å². The van der Waals surface area contributed by atoms with Gasteiger partial charge in [-0.05, 0) is 46.1 Å². The van der Waals surface area contributed by atoms with Crippen molar-refractivity contribution < 1.29 is 9.22 Å². The van der Waals surface area contributed by atoms with Gasteiger partial charge in [0.05, 0.1) is 5.22 Å². The van der Waals surface area contributed by atoms with Gasteiger partial charge in [0.25, 0.3) is 0 Å². The molecule has 15 heavy (non-hydrogen) atoms. The first-order valence-corrected chi connectivity index (χ1v) is 12.0. The standard InChI is InChI=1S/C11H28O2Si2/c1-8-9-10-14(4,5)13-11(2,3)15(6,7)12/h12H,8-10H2,1-7H3. The Labute approximate surface area is 97.3 Å². The van der Waals surface area contributed by atoms with Gasteiger partial charge in [-0.1, -0.05) is 19.8 Å². The first-order valence-electron chi connectivity index (χ1n) is 5.94. The molecule has 0 aliphatic carbocycles. The van der Waals surface area contributed by atoms with Crippen LogP contribution in [0.5, 0.6) is 0 Å². The summed E-state index contributed by atoms with van der Waals surface area (Å²) in [5.41, 5.74) is 0. The monoisotopic (exact) mass is 248 g/mol. The molecule has 0 saturated carbocycles. The smallest absolute Gasteiger partial charge is 0.212 e. The summed E-state index contributed by atoms with van der Waals surface area (Å²) >= 11 is 0. The van der Waals surface area contributed by atoms with Crippen molar-refractivity contribution in [3.8, 4) is 0 Å². The van der Waals surface area contributed by atoms with E-state index in [1.165, 1.54) is 18.9 Å². The largest absolute Gasteiger partial charge is 0.429 e. The molecule has 92 valence electrons. The fourth-order valence-corrected chi connectivity index (χ4v) is 5.99. The maximum atomic E-state index is 10.2. The Bertz CT molecular complexity index is 195. The lowest BCUT2D eigenvalue weighted by atomic mass is 10.4. The minimum atomic E-state index is -2.22.